The molecule has 0 heterocycles. The Morgan fingerprint density at radius 3 is 1.39 bits per heavy atom. The van der Waals surface area contributed by atoms with E-state index in [1.54, 1.807) is 0 Å². The van der Waals surface area contributed by atoms with Crippen LogP contribution in [0.5, 0.6) is 0 Å². The summed E-state index contributed by atoms with van der Waals surface area (Å²) in [7, 11) is 0. The van der Waals surface area contributed by atoms with E-state index in [-0.39, 0.29) is 0 Å². The van der Waals surface area contributed by atoms with Gasteiger partial charge < -0.3 is 4.90 Å². The van der Waals surface area contributed by atoms with Crippen molar-refractivity contribution >= 4 is 27.8 Å². The number of benzene rings is 11. The third-order valence-electron chi connectivity index (χ3n) is 13.5. The third-order valence-corrected chi connectivity index (χ3v) is 13.5. The monoisotopic (exact) mass is 839 g/mol. The topological polar surface area (TPSA) is 3.24 Å². The molecule has 66 heavy (non-hydrogen) atoms. The first kappa shape index (κ1) is 39.1. The molecule has 0 N–H and O–H groups in total. The zero-order chi connectivity index (χ0) is 43.9. The van der Waals surface area contributed by atoms with Crippen LogP contribution in [0.15, 0.2) is 273 Å². The van der Waals surface area contributed by atoms with Gasteiger partial charge in [-0.3, -0.25) is 0 Å². The second-order valence-electron chi connectivity index (χ2n) is 17.2. The highest BCUT2D eigenvalue weighted by Crippen LogP contribution is 2.57. The lowest BCUT2D eigenvalue weighted by atomic mass is 9.67. The van der Waals surface area contributed by atoms with Gasteiger partial charge in [0.15, 0.2) is 0 Å². The van der Waals surface area contributed by atoms with Crippen molar-refractivity contribution in [1.29, 1.82) is 0 Å². The summed E-state index contributed by atoms with van der Waals surface area (Å²) in [5.41, 5.74) is 19.8. The number of anilines is 3. The first-order valence-corrected chi connectivity index (χ1v) is 22.8. The maximum absolute atomic E-state index is 2.47. The molecule has 0 atom stereocenters. The van der Waals surface area contributed by atoms with E-state index in [0.29, 0.717) is 0 Å². The molecule has 0 fully saturated rings. The van der Waals surface area contributed by atoms with E-state index >= 15 is 0 Å². The minimum Gasteiger partial charge on any atom is -0.310 e. The zero-order valence-corrected chi connectivity index (χ0v) is 36.4. The fourth-order valence-corrected chi connectivity index (χ4v) is 10.5. The highest BCUT2D eigenvalue weighted by molar-refractivity contribution is 5.97. The Hall–Kier alpha value is -8.52. The van der Waals surface area contributed by atoms with Crippen molar-refractivity contribution in [2.45, 2.75) is 5.41 Å². The van der Waals surface area contributed by atoms with Crippen LogP contribution in [0, 0.1) is 0 Å². The normalized spacial score (nSPS) is 12.4. The lowest BCUT2D eigenvalue weighted by molar-refractivity contribution is 0.768. The lowest BCUT2D eigenvalue weighted by Gasteiger charge is -2.35. The average molecular weight is 840 g/mol. The maximum atomic E-state index is 2.47. The molecule has 0 aliphatic heterocycles. The minimum atomic E-state index is -0.532. The van der Waals surface area contributed by atoms with Crippen molar-refractivity contribution in [2.75, 3.05) is 4.90 Å². The minimum absolute atomic E-state index is 0.532. The number of nitrogens with zero attached hydrogens (tertiary/aromatic N) is 1. The van der Waals surface area contributed by atoms with Crippen LogP contribution in [0.25, 0.3) is 66.4 Å². The molecule has 11 aromatic rings. The van der Waals surface area contributed by atoms with E-state index in [1.165, 1.54) is 77.5 Å². The fourth-order valence-electron chi connectivity index (χ4n) is 10.5. The van der Waals surface area contributed by atoms with Crippen LogP contribution in [0.1, 0.15) is 22.3 Å². The van der Waals surface area contributed by atoms with Crippen LogP contribution in [0.4, 0.5) is 17.1 Å². The van der Waals surface area contributed by atoms with E-state index in [2.05, 4.69) is 278 Å². The van der Waals surface area contributed by atoms with Gasteiger partial charge in [0.2, 0.25) is 0 Å². The molecule has 0 unspecified atom stereocenters. The molecule has 0 spiro atoms. The summed E-state index contributed by atoms with van der Waals surface area (Å²) < 4.78 is 0. The van der Waals surface area contributed by atoms with Gasteiger partial charge in [0.1, 0.15) is 0 Å². The third kappa shape index (κ3) is 6.73. The molecule has 0 radical (unpaired) electrons. The Labute approximate surface area is 387 Å². The van der Waals surface area contributed by atoms with Crippen LogP contribution < -0.4 is 4.90 Å². The molecule has 1 aliphatic carbocycles. The summed E-state index contributed by atoms with van der Waals surface area (Å²) in [4.78, 5) is 2.46. The van der Waals surface area contributed by atoms with Crippen LogP contribution in [-0.2, 0) is 5.41 Å². The molecule has 1 aliphatic rings. The van der Waals surface area contributed by atoms with Gasteiger partial charge in [-0.2, -0.15) is 0 Å². The first-order valence-electron chi connectivity index (χ1n) is 22.8. The molecule has 0 amide bonds. The molecule has 1 nitrogen and oxygen atoms in total. The summed E-state index contributed by atoms with van der Waals surface area (Å²) in [5.74, 6) is 0. The SMILES string of the molecule is c1ccc(-c2cc(-c3ccccc3)cc(N(c3ccc(-c4cccc(-c5cccc6ccccc56)c4)cc3)c3ccc4c(c3)C(c3ccccc3)(c3ccccc3)c3ccccc3-4)c2)cc1. The predicted octanol–water partition coefficient (Wildman–Crippen LogP) is 17.3. The predicted molar refractivity (Wildman–Crippen MR) is 278 cm³/mol. The quantitative estimate of drug-likeness (QED) is 0.140. The lowest BCUT2D eigenvalue weighted by Crippen LogP contribution is -2.28. The number of hydrogen-bond acceptors (Lipinski definition) is 1. The highest BCUT2D eigenvalue weighted by atomic mass is 15.1. The van der Waals surface area contributed by atoms with Crippen molar-refractivity contribution in [1.82, 2.24) is 0 Å². The molecule has 0 saturated heterocycles. The van der Waals surface area contributed by atoms with Crippen molar-refractivity contribution in [3.8, 4) is 55.6 Å². The maximum Gasteiger partial charge on any atom is 0.0714 e. The summed E-state index contributed by atoms with van der Waals surface area (Å²) >= 11 is 0. The molecule has 1 heteroatoms. The largest absolute Gasteiger partial charge is 0.310 e. The molecule has 11 aromatic carbocycles. The Bertz CT molecular complexity index is 3400. The smallest absolute Gasteiger partial charge is 0.0714 e. The van der Waals surface area contributed by atoms with Gasteiger partial charge in [-0.15, -0.1) is 0 Å². The fraction of sp³-hybridized carbons (Fsp3) is 0.0154. The van der Waals surface area contributed by atoms with E-state index in [0.717, 1.165) is 28.2 Å². The van der Waals surface area contributed by atoms with Gasteiger partial charge in [0.25, 0.3) is 0 Å². The molecule has 0 saturated carbocycles. The molecule has 12 rings (SSSR count). The summed E-state index contributed by atoms with van der Waals surface area (Å²) in [6.45, 7) is 0. The van der Waals surface area contributed by atoms with Crippen LogP contribution >= 0.6 is 0 Å². The Morgan fingerprint density at radius 2 is 0.712 bits per heavy atom. The van der Waals surface area contributed by atoms with Crippen LogP contribution in [-0.4, -0.2) is 0 Å². The second-order valence-corrected chi connectivity index (χ2v) is 17.2. The Morgan fingerprint density at radius 1 is 0.242 bits per heavy atom. The highest BCUT2D eigenvalue weighted by Gasteiger charge is 2.46. The van der Waals surface area contributed by atoms with E-state index in [4.69, 9.17) is 0 Å². The molecule has 310 valence electrons. The summed E-state index contributed by atoms with van der Waals surface area (Å²) in [6.07, 6.45) is 0. The number of rotatable bonds is 9. The van der Waals surface area contributed by atoms with Crippen LogP contribution in [0.2, 0.25) is 0 Å². The van der Waals surface area contributed by atoms with Gasteiger partial charge in [-0.1, -0.05) is 224 Å². The van der Waals surface area contributed by atoms with Crippen molar-refractivity contribution in [3.05, 3.63) is 295 Å². The molecular weight excluding hydrogens is 795 g/mol. The van der Waals surface area contributed by atoms with Crippen LogP contribution in [0.3, 0.4) is 0 Å². The zero-order valence-electron chi connectivity index (χ0n) is 36.4. The van der Waals surface area contributed by atoms with Gasteiger partial charge >= 0.3 is 0 Å². The van der Waals surface area contributed by atoms with Gasteiger partial charge in [0.05, 0.1) is 5.41 Å². The van der Waals surface area contributed by atoms with E-state index in [1.807, 2.05) is 0 Å². The molecular formula is C65H45N. The number of fused-ring (bicyclic) bond motifs is 4. The Kier molecular flexibility index (Phi) is 9.81. The van der Waals surface area contributed by atoms with Crippen molar-refractivity contribution < 1.29 is 0 Å². The Balaban J connectivity index is 1.06. The van der Waals surface area contributed by atoms with Gasteiger partial charge in [0, 0.05) is 17.1 Å². The van der Waals surface area contributed by atoms with Crippen molar-refractivity contribution in [3.63, 3.8) is 0 Å². The average Bonchev–Trinajstić information content (AvgIpc) is 3.70. The first-order chi connectivity index (χ1) is 32.7. The molecule has 0 aromatic heterocycles. The second kappa shape index (κ2) is 16.6. The molecule has 0 bridgehead atoms. The number of hydrogen-bond donors (Lipinski definition) is 0. The standard InChI is InChI=1S/C65H45N/c1-5-19-46(20-6-1)52-42-53(47-21-7-2-8-22-47)44-58(43-52)66(56-37-35-48(36-38-56)50-25-17-26-51(41-50)60-33-18-24-49-23-13-14-31-59(49)60)57-39-40-62-61-32-15-16-34-63(61)65(64(62)45-57,54-27-9-3-10-28-54)55-29-11-4-12-30-55/h1-45H. The van der Waals surface area contributed by atoms with Crippen molar-refractivity contribution in [2.24, 2.45) is 0 Å². The van der Waals surface area contributed by atoms with Gasteiger partial charge in [-0.05, 0) is 137 Å². The van der Waals surface area contributed by atoms with E-state index < -0.39 is 5.41 Å². The summed E-state index contributed by atoms with van der Waals surface area (Å²) in [6, 6.07) is 100. The van der Waals surface area contributed by atoms with E-state index in [9.17, 15) is 0 Å². The van der Waals surface area contributed by atoms with Gasteiger partial charge in [-0.25, -0.2) is 0 Å². The summed E-state index contributed by atoms with van der Waals surface area (Å²) in [5, 5.41) is 2.51.